The van der Waals surface area contributed by atoms with Crippen molar-refractivity contribution in [1.82, 2.24) is 10.6 Å². The van der Waals surface area contributed by atoms with Crippen LogP contribution < -0.4 is 10.6 Å². The monoisotopic (exact) mass is 441 g/mol. The number of nitrogens with one attached hydrogen (secondary N) is 2. The molecule has 132 valence electrons. The van der Waals surface area contributed by atoms with Crippen molar-refractivity contribution in [3.05, 3.63) is 35.4 Å². The lowest BCUT2D eigenvalue weighted by molar-refractivity contribution is 0.0310. The summed E-state index contributed by atoms with van der Waals surface area (Å²) >= 11 is 0. The number of guanidine groups is 1. The fraction of sp³-hybridized carbons (Fsp3) is 0.562. The molecule has 0 saturated heterocycles. The second-order valence-electron chi connectivity index (χ2n) is 5.54. The van der Waals surface area contributed by atoms with Crippen LogP contribution in [0.3, 0.4) is 0 Å². The Hall–Kier alpha value is -0.960. The summed E-state index contributed by atoms with van der Waals surface area (Å²) in [5, 5.41) is 6.16. The average molecular weight is 441 g/mol. The minimum absolute atomic E-state index is 0. The Morgan fingerprint density at radius 1 is 1.22 bits per heavy atom. The van der Waals surface area contributed by atoms with Gasteiger partial charge in [0.15, 0.2) is 5.96 Å². The number of ether oxygens (including phenoxy) is 1. The molecule has 23 heavy (non-hydrogen) atoms. The molecule has 0 unspecified atom stereocenters. The lowest BCUT2D eigenvalue weighted by Gasteiger charge is -2.21. The van der Waals surface area contributed by atoms with Crippen LogP contribution in [0, 0.1) is 11.6 Å². The summed E-state index contributed by atoms with van der Waals surface area (Å²) in [4.78, 5) is 4.41. The van der Waals surface area contributed by atoms with Gasteiger partial charge in [0.1, 0.15) is 11.6 Å². The topological polar surface area (TPSA) is 45.7 Å². The van der Waals surface area contributed by atoms with E-state index in [4.69, 9.17) is 4.74 Å². The smallest absolute Gasteiger partial charge is 0.191 e. The van der Waals surface area contributed by atoms with Gasteiger partial charge in [-0.05, 0) is 39.3 Å². The maximum atomic E-state index is 13.5. The second kappa shape index (κ2) is 10.7. The van der Waals surface area contributed by atoms with Gasteiger partial charge in [0.25, 0.3) is 0 Å². The molecule has 0 saturated carbocycles. The average Bonchev–Trinajstić information content (AvgIpc) is 2.48. The Morgan fingerprint density at radius 3 is 2.35 bits per heavy atom. The van der Waals surface area contributed by atoms with Crippen LogP contribution >= 0.6 is 24.0 Å². The Balaban J connectivity index is 0.00000484. The van der Waals surface area contributed by atoms with Crippen molar-refractivity contribution in [3.63, 3.8) is 0 Å². The number of nitrogens with zero attached hydrogens (tertiary/aromatic N) is 1. The predicted molar refractivity (Wildman–Crippen MR) is 101 cm³/mol. The first-order valence-corrected chi connectivity index (χ1v) is 7.40. The van der Waals surface area contributed by atoms with E-state index in [2.05, 4.69) is 15.6 Å². The van der Waals surface area contributed by atoms with E-state index < -0.39 is 11.6 Å². The number of aliphatic imine (C=N–C) groups is 1. The van der Waals surface area contributed by atoms with Gasteiger partial charge in [-0.15, -0.1) is 24.0 Å². The molecule has 0 aromatic heterocycles. The highest BCUT2D eigenvalue weighted by molar-refractivity contribution is 14.0. The lowest BCUT2D eigenvalue weighted by atomic mass is 10.1. The van der Waals surface area contributed by atoms with Crippen molar-refractivity contribution < 1.29 is 13.5 Å². The summed E-state index contributed by atoms with van der Waals surface area (Å²) in [5.74, 6) is -0.446. The van der Waals surface area contributed by atoms with Crippen molar-refractivity contribution in [3.8, 4) is 0 Å². The first-order valence-electron chi connectivity index (χ1n) is 7.40. The molecule has 7 heteroatoms. The summed E-state index contributed by atoms with van der Waals surface area (Å²) in [6.45, 7) is 7.40. The van der Waals surface area contributed by atoms with Crippen molar-refractivity contribution in [2.45, 2.75) is 32.8 Å². The van der Waals surface area contributed by atoms with Crippen LogP contribution in [0.25, 0.3) is 0 Å². The largest absolute Gasteiger partial charge is 0.377 e. The summed E-state index contributed by atoms with van der Waals surface area (Å²) in [6, 6.07) is 3.89. The van der Waals surface area contributed by atoms with Gasteiger partial charge in [-0.1, -0.05) is 6.07 Å². The van der Waals surface area contributed by atoms with Crippen molar-refractivity contribution in [2.75, 3.05) is 26.7 Å². The fourth-order valence-electron chi connectivity index (χ4n) is 1.75. The Bertz CT molecular complexity index is 490. The van der Waals surface area contributed by atoms with E-state index in [1.807, 2.05) is 20.8 Å². The fourth-order valence-corrected chi connectivity index (χ4v) is 1.75. The van der Waals surface area contributed by atoms with Gasteiger partial charge in [0.05, 0.1) is 12.1 Å². The maximum Gasteiger partial charge on any atom is 0.191 e. The van der Waals surface area contributed by atoms with Crippen LogP contribution in [0.5, 0.6) is 0 Å². The van der Waals surface area contributed by atoms with E-state index in [-0.39, 0.29) is 41.6 Å². The molecule has 0 fully saturated rings. The summed E-state index contributed by atoms with van der Waals surface area (Å²) in [6.07, 6.45) is 0.247. The highest BCUT2D eigenvalue weighted by atomic mass is 127. The minimum Gasteiger partial charge on any atom is -0.377 e. The van der Waals surface area contributed by atoms with Crippen molar-refractivity contribution >= 4 is 29.9 Å². The first kappa shape index (κ1) is 22.0. The third-order valence-corrected chi connectivity index (χ3v) is 3.24. The number of methoxy groups -OCH3 is 1. The SMILES string of the molecule is CCNC(=NCC(C)(C)OC)NCCc1c(F)cccc1F.I. The van der Waals surface area contributed by atoms with E-state index in [0.29, 0.717) is 25.6 Å². The lowest BCUT2D eigenvalue weighted by Crippen LogP contribution is -2.40. The summed E-state index contributed by atoms with van der Waals surface area (Å²) in [7, 11) is 1.64. The molecule has 0 atom stereocenters. The van der Waals surface area contributed by atoms with Gasteiger partial charge in [0.2, 0.25) is 0 Å². The van der Waals surface area contributed by atoms with E-state index in [0.717, 1.165) is 0 Å². The Morgan fingerprint density at radius 2 is 1.83 bits per heavy atom. The number of rotatable bonds is 7. The van der Waals surface area contributed by atoms with Gasteiger partial charge in [-0.3, -0.25) is 4.99 Å². The van der Waals surface area contributed by atoms with Crippen molar-refractivity contribution in [2.24, 2.45) is 4.99 Å². The van der Waals surface area contributed by atoms with Crippen LogP contribution in [0.15, 0.2) is 23.2 Å². The van der Waals surface area contributed by atoms with Crippen LogP contribution in [-0.4, -0.2) is 38.3 Å². The quantitative estimate of drug-likeness (QED) is 0.389. The van der Waals surface area contributed by atoms with Crippen LogP contribution in [0.1, 0.15) is 26.3 Å². The maximum absolute atomic E-state index is 13.5. The van der Waals surface area contributed by atoms with Gasteiger partial charge in [0, 0.05) is 25.8 Å². The van der Waals surface area contributed by atoms with Crippen molar-refractivity contribution in [1.29, 1.82) is 0 Å². The molecule has 1 rings (SSSR count). The zero-order valence-electron chi connectivity index (χ0n) is 14.1. The van der Waals surface area contributed by atoms with Crippen LogP contribution in [-0.2, 0) is 11.2 Å². The van der Waals surface area contributed by atoms with Gasteiger partial charge in [-0.2, -0.15) is 0 Å². The minimum atomic E-state index is -0.524. The highest BCUT2D eigenvalue weighted by Gasteiger charge is 2.15. The molecule has 0 spiro atoms. The second-order valence-corrected chi connectivity index (χ2v) is 5.54. The number of halogens is 3. The molecule has 1 aromatic rings. The molecule has 0 aliphatic carbocycles. The van der Waals surface area contributed by atoms with E-state index in [1.165, 1.54) is 18.2 Å². The third kappa shape index (κ3) is 7.92. The van der Waals surface area contributed by atoms with E-state index in [1.54, 1.807) is 7.11 Å². The number of hydrogen-bond donors (Lipinski definition) is 2. The highest BCUT2D eigenvalue weighted by Crippen LogP contribution is 2.12. The van der Waals surface area contributed by atoms with Crippen LogP contribution in [0.2, 0.25) is 0 Å². The molecular formula is C16H26F2IN3O. The zero-order valence-corrected chi connectivity index (χ0v) is 16.4. The standard InChI is InChI=1S/C16H25F2N3O.HI/c1-5-19-15(21-11-16(2,3)22-4)20-10-9-12-13(17)7-6-8-14(12)18;/h6-8H,5,9-11H2,1-4H3,(H2,19,20,21);1H. The molecule has 0 aliphatic heterocycles. The van der Waals surface area contributed by atoms with Gasteiger partial charge >= 0.3 is 0 Å². The molecule has 2 N–H and O–H groups in total. The summed E-state index contributed by atoms with van der Waals surface area (Å²) < 4.78 is 32.4. The molecule has 0 amide bonds. The molecule has 0 aliphatic rings. The third-order valence-electron chi connectivity index (χ3n) is 3.24. The van der Waals surface area contributed by atoms with Gasteiger partial charge in [-0.25, -0.2) is 8.78 Å². The zero-order chi connectivity index (χ0) is 16.6. The van der Waals surface area contributed by atoms with Gasteiger partial charge < -0.3 is 15.4 Å². The Kier molecular flexibility index (Phi) is 10.3. The van der Waals surface area contributed by atoms with E-state index >= 15 is 0 Å². The Labute approximate surface area is 154 Å². The number of benzene rings is 1. The summed E-state index contributed by atoms with van der Waals surface area (Å²) in [5.41, 5.74) is -0.275. The molecule has 0 radical (unpaired) electrons. The molecule has 0 bridgehead atoms. The molecule has 1 aromatic carbocycles. The normalized spacial score (nSPS) is 11.8. The number of hydrogen-bond acceptors (Lipinski definition) is 2. The predicted octanol–water partition coefficient (Wildman–Crippen LogP) is 3.11. The van der Waals surface area contributed by atoms with E-state index in [9.17, 15) is 8.78 Å². The molecular weight excluding hydrogens is 415 g/mol. The first-order chi connectivity index (χ1) is 10.4. The van der Waals surface area contributed by atoms with Crippen LogP contribution in [0.4, 0.5) is 8.78 Å². The molecule has 0 heterocycles. The molecule has 4 nitrogen and oxygen atoms in total.